The summed E-state index contributed by atoms with van der Waals surface area (Å²) in [6.07, 6.45) is 6.37. The number of hydrogen-bond acceptors (Lipinski definition) is 3. The number of benzene rings is 1. The molecule has 1 saturated carbocycles. The summed E-state index contributed by atoms with van der Waals surface area (Å²) >= 11 is 0. The molecule has 1 aromatic carbocycles. The topological polar surface area (TPSA) is 41.6 Å². The second-order valence-electron chi connectivity index (χ2n) is 6.35. The van der Waals surface area contributed by atoms with E-state index >= 15 is 0 Å². The van der Waals surface area contributed by atoms with Crippen molar-refractivity contribution in [2.24, 2.45) is 0 Å². The van der Waals surface area contributed by atoms with E-state index in [1.54, 1.807) is 0 Å². The predicted molar refractivity (Wildman–Crippen MR) is 87.0 cm³/mol. The minimum atomic E-state index is 0.276. The van der Waals surface area contributed by atoms with Crippen LogP contribution in [0.25, 0.3) is 0 Å². The lowest BCUT2D eigenvalue weighted by Crippen LogP contribution is -2.39. The van der Waals surface area contributed by atoms with Crippen LogP contribution in [-0.2, 0) is 17.8 Å². The second kappa shape index (κ2) is 7.14. The van der Waals surface area contributed by atoms with Gasteiger partial charge < -0.3 is 15.0 Å². The zero-order chi connectivity index (χ0) is 15.4. The zero-order valence-corrected chi connectivity index (χ0v) is 13.4. The average Bonchev–Trinajstić information content (AvgIpc) is 3.20. The molecule has 0 radical (unpaired) electrons. The lowest BCUT2D eigenvalue weighted by atomic mass is 10.1. The van der Waals surface area contributed by atoms with Gasteiger partial charge in [-0.2, -0.15) is 0 Å². The van der Waals surface area contributed by atoms with Gasteiger partial charge in [-0.15, -0.1) is 0 Å². The fourth-order valence-electron chi connectivity index (χ4n) is 3.55. The monoisotopic (exact) mass is 302 g/mol. The van der Waals surface area contributed by atoms with Crippen LogP contribution in [0.3, 0.4) is 0 Å². The molecule has 120 valence electrons. The number of nitrogens with zero attached hydrogens (tertiary/aromatic N) is 1. The Balaban J connectivity index is 1.72. The number of carbonyl (C=O) groups is 1. The molecule has 0 unspecified atom stereocenters. The fraction of sp³-hybridized carbons (Fsp3) is 0.611. The highest BCUT2D eigenvalue weighted by atomic mass is 16.5. The molecular weight excluding hydrogens is 276 g/mol. The van der Waals surface area contributed by atoms with Crippen LogP contribution in [-0.4, -0.2) is 37.0 Å². The smallest absolute Gasteiger partial charge is 0.224 e. The van der Waals surface area contributed by atoms with Crippen LogP contribution < -0.4 is 10.1 Å². The van der Waals surface area contributed by atoms with E-state index in [1.807, 2.05) is 7.05 Å². The van der Waals surface area contributed by atoms with Gasteiger partial charge in [-0.05, 0) is 37.1 Å². The minimum Gasteiger partial charge on any atom is -0.493 e. The van der Waals surface area contributed by atoms with Crippen molar-refractivity contribution in [3.8, 4) is 5.75 Å². The van der Waals surface area contributed by atoms with Crippen molar-refractivity contribution in [3.05, 3.63) is 29.3 Å². The average molecular weight is 302 g/mol. The third-order valence-electron chi connectivity index (χ3n) is 4.78. The Bertz CT molecular complexity index is 524. The molecule has 4 heteroatoms. The molecule has 1 N–H and O–H groups in total. The zero-order valence-electron chi connectivity index (χ0n) is 13.4. The number of ether oxygens (including phenoxy) is 1. The maximum absolute atomic E-state index is 12.6. The highest BCUT2D eigenvalue weighted by molar-refractivity contribution is 5.76. The van der Waals surface area contributed by atoms with Crippen LogP contribution in [0, 0.1) is 0 Å². The van der Waals surface area contributed by atoms with E-state index < -0.39 is 0 Å². The minimum absolute atomic E-state index is 0.276. The van der Waals surface area contributed by atoms with Crippen molar-refractivity contribution in [3.63, 3.8) is 0 Å². The molecule has 0 saturated heterocycles. The predicted octanol–water partition coefficient (Wildman–Crippen LogP) is 2.50. The second-order valence-corrected chi connectivity index (χ2v) is 6.35. The maximum atomic E-state index is 12.6. The Labute approximate surface area is 132 Å². The Morgan fingerprint density at radius 1 is 1.36 bits per heavy atom. The highest BCUT2D eigenvalue weighted by Crippen LogP contribution is 2.29. The first kappa shape index (κ1) is 15.3. The van der Waals surface area contributed by atoms with Crippen molar-refractivity contribution in [2.75, 3.05) is 20.2 Å². The first-order valence-corrected chi connectivity index (χ1v) is 8.46. The van der Waals surface area contributed by atoms with Gasteiger partial charge in [-0.1, -0.05) is 25.0 Å². The van der Waals surface area contributed by atoms with Gasteiger partial charge in [-0.3, -0.25) is 4.79 Å². The van der Waals surface area contributed by atoms with E-state index in [0.717, 1.165) is 44.7 Å². The molecule has 1 aromatic rings. The number of hydrogen-bond donors (Lipinski definition) is 1. The Morgan fingerprint density at radius 3 is 2.95 bits per heavy atom. The summed E-state index contributed by atoms with van der Waals surface area (Å²) < 4.78 is 5.57. The first-order valence-electron chi connectivity index (χ1n) is 8.46. The summed E-state index contributed by atoms with van der Waals surface area (Å²) in [7, 11) is 1.90. The molecule has 1 aliphatic heterocycles. The number of rotatable bonds is 6. The van der Waals surface area contributed by atoms with Gasteiger partial charge in [0.15, 0.2) is 0 Å². The summed E-state index contributed by atoms with van der Waals surface area (Å²) in [5.41, 5.74) is 2.51. The molecule has 3 rings (SSSR count). The van der Waals surface area contributed by atoms with Crippen molar-refractivity contribution >= 4 is 5.91 Å². The van der Waals surface area contributed by atoms with Crippen molar-refractivity contribution in [2.45, 2.75) is 51.1 Å². The maximum Gasteiger partial charge on any atom is 0.224 e. The molecule has 2 aliphatic rings. The van der Waals surface area contributed by atoms with Crippen LogP contribution in [0.5, 0.6) is 5.75 Å². The summed E-state index contributed by atoms with van der Waals surface area (Å²) in [5.74, 6) is 1.29. The van der Waals surface area contributed by atoms with Crippen molar-refractivity contribution < 1.29 is 9.53 Å². The molecule has 0 spiro atoms. The number of fused-ring (bicyclic) bond motifs is 1. The SMILES string of the molecule is CNCCC(=O)N(Cc1ccc2c(c1)CCO2)C1CCCC1. The first-order chi connectivity index (χ1) is 10.8. The molecule has 0 bridgehead atoms. The van der Waals surface area contributed by atoms with Gasteiger partial charge >= 0.3 is 0 Å². The summed E-state index contributed by atoms with van der Waals surface area (Å²) in [4.78, 5) is 14.7. The van der Waals surface area contributed by atoms with Crippen LogP contribution in [0.1, 0.15) is 43.2 Å². The van der Waals surface area contributed by atoms with E-state index in [9.17, 15) is 4.79 Å². The third kappa shape index (κ3) is 3.43. The van der Waals surface area contributed by atoms with Crippen molar-refractivity contribution in [1.82, 2.24) is 10.2 Å². The molecule has 1 fully saturated rings. The number of nitrogens with one attached hydrogen (secondary N) is 1. The van der Waals surface area contributed by atoms with E-state index in [4.69, 9.17) is 4.74 Å². The van der Waals surface area contributed by atoms with Crippen LogP contribution >= 0.6 is 0 Å². The van der Waals surface area contributed by atoms with Crippen molar-refractivity contribution in [1.29, 1.82) is 0 Å². The third-order valence-corrected chi connectivity index (χ3v) is 4.78. The Kier molecular flexibility index (Phi) is 4.98. The van der Waals surface area contributed by atoms with E-state index in [1.165, 1.54) is 24.0 Å². The summed E-state index contributed by atoms with van der Waals surface area (Å²) in [6, 6.07) is 6.81. The van der Waals surface area contributed by atoms with Crippen LogP contribution in [0.2, 0.25) is 0 Å². The summed E-state index contributed by atoms with van der Waals surface area (Å²) in [5, 5.41) is 3.08. The molecule has 4 nitrogen and oxygen atoms in total. The number of amides is 1. The van der Waals surface area contributed by atoms with E-state index in [-0.39, 0.29) is 5.91 Å². The van der Waals surface area contributed by atoms with E-state index in [2.05, 4.69) is 28.4 Å². The van der Waals surface area contributed by atoms with Crippen LogP contribution in [0.4, 0.5) is 0 Å². The van der Waals surface area contributed by atoms with Gasteiger partial charge in [0.2, 0.25) is 5.91 Å². The largest absolute Gasteiger partial charge is 0.493 e. The molecule has 1 aliphatic carbocycles. The standard InChI is InChI=1S/C18H26N2O2/c1-19-10-8-18(21)20(16-4-2-3-5-16)13-14-6-7-17-15(12-14)9-11-22-17/h6-7,12,16,19H,2-5,8-11,13H2,1H3. The quantitative estimate of drug-likeness (QED) is 0.878. The molecular formula is C18H26N2O2. The molecule has 1 amide bonds. The number of carbonyl (C=O) groups excluding carboxylic acids is 1. The fourth-order valence-corrected chi connectivity index (χ4v) is 3.55. The Hall–Kier alpha value is -1.55. The van der Waals surface area contributed by atoms with E-state index in [0.29, 0.717) is 12.5 Å². The lowest BCUT2D eigenvalue weighted by Gasteiger charge is -2.29. The normalized spacial score (nSPS) is 17.3. The van der Waals surface area contributed by atoms with Gasteiger partial charge in [0, 0.05) is 32.0 Å². The molecule has 0 aromatic heterocycles. The Morgan fingerprint density at radius 2 is 2.18 bits per heavy atom. The van der Waals surface area contributed by atoms with Gasteiger partial charge in [0.1, 0.15) is 5.75 Å². The highest BCUT2D eigenvalue weighted by Gasteiger charge is 2.26. The molecule has 0 atom stereocenters. The van der Waals surface area contributed by atoms with Gasteiger partial charge in [-0.25, -0.2) is 0 Å². The van der Waals surface area contributed by atoms with Gasteiger partial charge in [0.05, 0.1) is 6.61 Å². The van der Waals surface area contributed by atoms with Gasteiger partial charge in [0.25, 0.3) is 0 Å². The summed E-state index contributed by atoms with van der Waals surface area (Å²) in [6.45, 7) is 2.27. The molecule has 22 heavy (non-hydrogen) atoms. The lowest BCUT2D eigenvalue weighted by molar-refractivity contribution is -0.134. The molecule has 1 heterocycles. The van der Waals surface area contributed by atoms with Crippen LogP contribution in [0.15, 0.2) is 18.2 Å².